The number of anilines is 1. The largest absolute Gasteiger partial charge is 0.339 e. The number of nitrogens with one attached hydrogen (secondary N) is 1. The Balaban J connectivity index is 2.36. The molecule has 1 aromatic heterocycles. The van der Waals surface area contributed by atoms with Crippen molar-refractivity contribution in [3.05, 3.63) is 63.6 Å². The second-order valence-electron chi connectivity index (χ2n) is 5.86. The molecule has 6 nitrogen and oxygen atoms in total. The molecule has 0 aliphatic carbocycles. The summed E-state index contributed by atoms with van der Waals surface area (Å²) in [5.74, 6) is -0.556. The number of rotatable bonds is 5. The van der Waals surface area contributed by atoms with Gasteiger partial charge in [-0.2, -0.15) is 0 Å². The second kappa shape index (κ2) is 7.79. The lowest BCUT2D eigenvalue weighted by Crippen LogP contribution is -2.32. The van der Waals surface area contributed by atoms with Gasteiger partial charge >= 0.3 is 0 Å². The molecule has 0 aliphatic rings. The van der Waals surface area contributed by atoms with Crippen molar-refractivity contribution in [3.8, 4) is 0 Å². The molecule has 0 saturated heterocycles. The molecule has 0 bridgehead atoms. The Hall–Kier alpha value is -2.89. The fourth-order valence-corrected chi connectivity index (χ4v) is 2.59. The molecule has 0 radical (unpaired) electrons. The Morgan fingerprint density at radius 3 is 2.40 bits per heavy atom. The fraction of sp³-hybridized carbons (Fsp3) is 0.316. The van der Waals surface area contributed by atoms with Crippen LogP contribution in [-0.2, 0) is 7.05 Å². The van der Waals surface area contributed by atoms with E-state index >= 15 is 0 Å². The van der Waals surface area contributed by atoms with Crippen LogP contribution in [0.2, 0.25) is 0 Å². The van der Waals surface area contributed by atoms with Crippen LogP contribution >= 0.6 is 0 Å². The zero-order valence-electron chi connectivity index (χ0n) is 15.0. The van der Waals surface area contributed by atoms with Crippen LogP contribution in [0.25, 0.3) is 0 Å². The van der Waals surface area contributed by atoms with Crippen molar-refractivity contribution < 1.29 is 9.59 Å². The minimum absolute atomic E-state index is 0.0898. The Kier molecular flexibility index (Phi) is 5.75. The van der Waals surface area contributed by atoms with E-state index in [1.54, 1.807) is 30.1 Å². The smallest absolute Gasteiger partial charge is 0.274 e. The minimum Gasteiger partial charge on any atom is -0.339 e. The number of hydrogen-bond donors (Lipinski definition) is 1. The van der Waals surface area contributed by atoms with Crippen LogP contribution in [0.1, 0.15) is 40.1 Å². The lowest BCUT2D eigenvalue weighted by atomic mass is 10.1. The molecule has 6 heteroatoms. The summed E-state index contributed by atoms with van der Waals surface area (Å²) >= 11 is 0. The highest BCUT2D eigenvalue weighted by Crippen LogP contribution is 2.11. The lowest BCUT2D eigenvalue weighted by Gasteiger charge is -2.19. The number of aromatic nitrogens is 1. The standard InChI is InChI=1S/C19H23N3O3/c1-5-22(6-2)18(24)15-11-16(19(25)21(4)12-15)20-17(23)14-9-7-8-13(3)10-14/h7-12H,5-6H2,1-4H3,(H,20,23). The number of carbonyl (C=O) groups excluding carboxylic acids is 2. The van der Waals surface area contributed by atoms with Gasteiger partial charge < -0.3 is 14.8 Å². The first-order valence-corrected chi connectivity index (χ1v) is 8.25. The van der Waals surface area contributed by atoms with Gasteiger partial charge in [0.05, 0.1) is 5.56 Å². The number of benzene rings is 1. The van der Waals surface area contributed by atoms with Gasteiger partial charge in [0.25, 0.3) is 17.4 Å². The number of amides is 2. The topological polar surface area (TPSA) is 71.4 Å². The van der Waals surface area contributed by atoms with Crippen LogP contribution < -0.4 is 10.9 Å². The molecule has 1 heterocycles. The molecule has 25 heavy (non-hydrogen) atoms. The maximum Gasteiger partial charge on any atom is 0.274 e. The van der Waals surface area contributed by atoms with Crippen molar-refractivity contribution >= 4 is 17.5 Å². The molecule has 2 aromatic rings. The van der Waals surface area contributed by atoms with Crippen molar-refractivity contribution in [1.29, 1.82) is 0 Å². The van der Waals surface area contributed by atoms with Gasteiger partial charge in [0, 0.05) is 31.9 Å². The van der Waals surface area contributed by atoms with Gasteiger partial charge in [0.2, 0.25) is 0 Å². The first-order valence-electron chi connectivity index (χ1n) is 8.25. The molecule has 0 fully saturated rings. The summed E-state index contributed by atoms with van der Waals surface area (Å²) in [6.07, 6.45) is 1.49. The van der Waals surface area contributed by atoms with E-state index in [0.29, 0.717) is 24.2 Å². The Labute approximate surface area is 147 Å². The van der Waals surface area contributed by atoms with Crippen molar-refractivity contribution in [3.63, 3.8) is 0 Å². The van der Waals surface area contributed by atoms with E-state index in [-0.39, 0.29) is 23.1 Å². The van der Waals surface area contributed by atoms with Crippen LogP contribution in [0.5, 0.6) is 0 Å². The molecule has 1 N–H and O–H groups in total. The molecule has 1 aromatic carbocycles. The van der Waals surface area contributed by atoms with Crippen LogP contribution in [0.3, 0.4) is 0 Å². The Bertz CT molecular complexity index is 851. The third-order valence-corrected chi connectivity index (χ3v) is 4.01. The number of hydrogen-bond acceptors (Lipinski definition) is 3. The lowest BCUT2D eigenvalue weighted by molar-refractivity contribution is 0.0771. The average Bonchev–Trinajstić information content (AvgIpc) is 2.59. The molecule has 132 valence electrons. The van der Waals surface area contributed by atoms with Gasteiger partial charge in [0.1, 0.15) is 5.69 Å². The van der Waals surface area contributed by atoms with Gasteiger partial charge in [-0.25, -0.2) is 0 Å². The average molecular weight is 341 g/mol. The number of aryl methyl sites for hydroxylation is 2. The summed E-state index contributed by atoms with van der Waals surface area (Å²) in [6.45, 7) is 6.82. The molecule has 0 atom stereocenters. The highest BCUT2D eigenvalue weighted by Gasteiger charge is 2.17. The molecule has 0 unspecified atom stereocenters. The van der Waals surface area contributed by atoms with Crippen molar-refractivity contribution in [1.82, 2.24) is 9.47 Å². The molecular formula is C19H23N3O3. The summed E-state index contributed by atoms with van der Waals surface area (Å²) in [5, 5.41) is 2.62. The zero-order chi connectivity index (χ0) is 18.6. The van der Waals surface area contributed by atoms with Crippen molar-refractivity contribution in [2.75, 3.05) is 18.4 Å². The predicted octanol–water partition coefficient (Wildman–Crippen LogP) is 2.43. The summed E-state index contributed by atoms with van der Waals surface area (Å²) in [5.41, 5.74) is 1.50. The first-order chi connectivity index (χ1) is 11.9. The van der Waals surface area contributed by atoms with Crippen molar-refractivity contribution in [2.24, 2.45) is 7.05 Å². The van der Waals surface area contributed by atoms with E-state index in [1.165, 1.54) is 16.8 Å². The zero-order valence-corrected chi connectivity index (χ0v) is 15.0. The molecular weight excluding hydrogens is 318 g/mol. The monoisotopic (exact) mass is 341 g/mol. The van der Waals surface area contributed by atoms with Crippen LogP contribution in [0.15, 0.2) is 41.3 Å². The van der Waals surface area contributed by atoms with Crippen molar-refractivity contribution in [2.45, 2.75) is 20.8 Å². The molecule has 2 amide bonds. The van der Waals surface area contributed by atoms with Gasteiger partial charge in [-0.05, 0) is 39.0 Å². The maximum atomic E-state index is 12.5. The summed E-state index contributed by atoms with van der Waals surface area (Å²) in [4.78, 5) is 38.9. The maximum absolute atomic E-state index is 12.5. The molecule has 0 saturated carbocycles. The van der Waals surface area contributed by atoms with E-state index < -0.39 is 0 Å². The van der Waals surface area contributed by atoms with Gasteiger partial charge in [-0.15, -0.1) is 0 Å². The highest BCUT2D eigenvalue weighted by atomic mass is 16.2. The number of nitrogens with zero attached hydrogens (tertiary/aromatic N) is 2. The Morgan fingerprint density at radius 1 is 1.12 bits per heavy atom. The van der Waals surface area contributed by atoms with E-state index in [9.17, 15) is 14.4 Å². The van der Waals surface area contributed by atoms with E-state index in [1.807, 2.05) is 26.8 Å². The van der Waals surface area contributed by atoms with E-state index in [2.05, 4.69) is 5.32 Å². The minimum atomic E-state index is -0.381. The third-order valence-electron chi connectivity index (χ3n) is 4.01. The molecule has 0 spiro atoms. The van der Waals surface area contributed by atoms with Gasteiger partial charge in [-0.1, -0.05) is 17.7 Å². The second-order valence-corrected chi connectivity index (χ2v) is 5.86. The molecule has 2 rings (SSSR count). The van der Waals surface area contributed by atoms with Crippen LogP contribution in [-0.4, -0.2) is 34.4 Å². The summed E-state index contributed by atoms with van der Waals surface area (Å²) in [7, 11) is 1.56. The summed E-state index contributed by atoms with van der Waals surface area (Å²) < 4.78 is 1.31. The van der Waals surface area contributed by atoms with Gasteiger partial charge in [0.15, 0.2) is 0 Å². The quantitative estimate of drug-likeness (QED) is 0.908. The SMILES string of the molecule is CCN(CC)C(=O)c1cc(NC(=O)c2cccc(C)c2)c(=O)n(C)c1. The normalized spacial score (nSPS) is 10.4. The van der Waals surface area contributed by atoms with E-state index in [0.717, 1.165) is 5.56 Å². The number of carbonyl (C=O) groups is 2. The molecule has 0 aliphatic heterocycles. The first kappa shape index (κ1) is 18.4. The van der Waals surface area contributed by atoms with Crippen LogP contribution in [0.4, 0.5) is 5.69 Å². The third kappa shape index (κ3) is 4.15. The number of pyridine rings is 1. The van der Waals surface area contributed by atoms with Crippen LogP contribution in [0, 0.1) is 6.92 Å². The van der Waals surface area contributed by atoms with E-state index in [4.69, 9.17) is 0 Å². The fourth-order valence-electron chi connectivity index (χ4n) is 2.59. The summed E-state index contributed by atoms with van der Waals surface area (Å²) in [6, 6.07) is 8.53. The van der Waals surface area contributed by atoms with Gasteiger partial charge in [-0.3, -0.25) is 14.4 Å². The Morgan fingerprint density at radius 2 is 1.80 bits per heavy atom. The highest BCUT2D eigenvalue weighted by molar-refractivity contribution is 6.05. The predicted molar refractivity (Wildman–Crippen MR) is 98.1 cm³/mol.